The first kappa shape index (κ1) is 18.1. The predicted molar refractivity (Wildman–Crippen MR) is 98.5 cm³/mol. The zero-order chi connectivity index (χ0) is 19.6. The number of hydrogen-bond donors (Lipinski definition) is 1. The van der Waals surface area contributed by atoms with Gasteiger partial charge in [0.2, 0.25) is 5.88 Å². The van der Waals surface area contributed by atoms with Crippen molar-refractivity contribution < 1.29 is 14.8 Å². The van der Waals surface area contributed by atoms with E-state index in [2.05, 4.69) is 15.3 Å². The number of methoxy groups -OCH3 is 1. The maximum absolute atomic E-state index is 10.9. The van der Waals surface area contributed by atoms with Crippen molar-refractivity contribution in [2.75, 3.05) is 7.11 Å². The second-order valence-electron chi connectivity index (χ2n) is 5.82. The van der Waals surface area contributed by atoms with Crippen LogP contribution in [0.15, 0.2) is 52.7 Å². The number of ether oxygens (including phenoxy) is 1. The molecule has 138 valence electrons. The van der Waals surface area contributed by atoms with Gasteiger partial charge in [-0.25, -0.2) is 0 Å². The number of aromatic hydroxyl groups is 1. The van der Waals surface area contributed by atoms with E-state index in [1.54, 1.807) is 6.92 Å². The minimum Gasteiger partial charge on any atom is -0.494 e. The number of nitro groups is 1. The topological polar surface area (TPSA) is 115 Å². The number of non-ortho nitro benzene ring substituents is 1. The summed E-state index contributed by atoms with van der Waals surface area (Å²) in [5.74, 6) is 0.0528. The molecule has 9 nitrogen and oxygen atoms in total. The Morgan fingerprint density at radius 2 is 1.85 bits per heavy atom. The third-order valence-corrected chi connectivity index (χ3v) is 3.92. The van der Waals surface area contributed by atoms with Crippen LogP contribution in [0.25, 0.3) is 5.69 Å². The average molecular weight is 367 g/mol. The van der Waals surface area contributed by atoms with Gasteiger partial charge < -0.3 is 9.84 Å². The van der Waals surface area contributed by atoms with E-state index in [0.29, 0.717) is 17.1 Å². The number of azo groups is 1. The summed E-state index contributed by atoms with van der Waals surface area (Å²) >= 11 is 0. The van der Waals surface area contributed by atoms with Crippen LogP contribution in [0.1, 0.15) is 11.3 Å². The van der Waals surface area contributed by atoms with Gasteiger partial charge in [-0.2, -0.15) is 9.78 Å². The van der Waals surface area contributed by atoms with Gasteiger partial charge in [-0.15, -0.1) is 10.2 Å². The van der Waals surface area contributed by atoms with Gasteiger partial charge in [-0.1, -0.05) is 17.7 Å². The molecule has 1 aromatic heterocycles. The van der Waals surface area contributed by atoms with Crippen molar-refractivity contribution in [3.8, 4) is 17.3 Å². The van der Waals surface area contributed by atoms with E-state index in [4.69, 9.17) is 4.74 Å². The molecular weight excluding hydrogens is 350 g/mol. The fourth-order valence-corrected chi connectivity index (χ4v) is 2.46. The molecule has 0 saturated carbocycles. The Hall–Kier alpha value is -3.75. The molecule has 0 atom stereocenters. The fraction of sp³-hybridized carbons (Fsp3) is 0.167. The molecule has 9 heteroatoms. The first-order chi connectivity index (χ1) is 12.9. The highest BCUT2D eigenvalue weighted by Crippen LogP contribution is 2.36. The Labute approximate surface area is 154 Å². The van der Waals surface area contributed by atoms with Gasteiger partial charge in [0.05, 0.1) is 29.5 Å². The molecule has 0 bridgehead atoms. The van der Waals surface area contributed by atoms with E-state index in [1.807, 2.05) is 31.2 Å². The molecule has 0 aliphatic rings. The normalized spacial score (nSPS) is 11.1. The van der Waals surface area contributed by atoms with E-state index in [-0.39, 0.29) is 23.0 Å². The van der Waals surface area contributed by atoms with Crippen LogP contribution < -0.4 is 4.74 Å². The third-order valence-electron chi connectivity index (χ3n) is 3.92. The standard InChI is InChI=1S/C18H17N5O4/c1-11-4-6-13(7-5-11)22-18(24)17(12(2)21-22)20-19-15-9-8-14(23(25)26)10-16(15)27-3/h4-10,24H,1-3H3. The van der Waals surface area contributed by atoms with E-state index >= 15 is 0 Å². The molecule has 3 rings (SSSR count). The molecule has 0 aliphatic carbocycles. The van der Waals surface area contributed by atoms with Crippen LogP contribution in [0.4, 0.5) is 17.1 Å². The highest BCUT2D eigenvalue weighted by atomic mass is 16.6. The summed E-state index contributed by atoms with van der Waals surface area (Å²) in [7, 11) is 1.39. The van der Waals surface area contributed by atoms with Gasteiger partial charge >= 0.3 is 0 Å². The van der Waals surface area contributed by atoms with Crippen molar-refractivity contribution >= 4 is 17.1 Å². The van der Waals surface area contributed by atoms with Crippen molar-refractivity contribution in [1.82, 2.24) is 9.78 Å². The SMILES string of the molecule is COc1cc([N+](=O)[O-])ccc1N=Nc1c(C)nn(-c2ccc(C)cc2)c1O. The summed E-state index contributed by atoms with van der Waals surface area (Å²) < 4.78 is 6.50. The van der Waals surface area contributed by atoms with Gasteiger partial charge in [0.25, 0.3) is 5.69 Å². The zero-order valence-corrected chi connectivity index (χ0v) is 14.9. The van der Waals surface area contributed by atoms with Crippen LogP contribution in [0.3, 0.4) is 0 Å². The molecule has 0 fully saturated rings. The molecule has 0 aliphatic heterocycles. The largest absolute Gasteiger partial charge is 0.494 e. The quantitative estimate of drug-likeness (QED) is 0.404. The van der Waals surface area contributed by atoms with E-state index in [1.165, 1.54) is 30.0 Å². The van der Waals surface area contributed by atoms with Gasteiger partial charge in [-0.05, 0) is 32.0 Å². The molecule has 0 unspecified atom stereocenters. The van der Waals surface area contributed by atoms with Gasteiger partial charge in [-0.3, -0.25) is 10.1 Å². The van der Waals surface area contributed by atoms with Crippen LogP contribution in [0, 0.1) is 24.0 Å². The van der Waals surface area contributed by atoms with Gasteiger partial charge in [0.1, 0.15) is 5.69 Å². The summed E-state index contributed by atoms with van der Waals surface area (Å²) in [4.78, 5) is 10.3. The molecule has 0 radical (unpaired) electrons. The maximum Gasteiger partial charge on any atom is 0.273 e. The number of rotatable bonds is 5. The third kappa shape index (κ3) is 3.61. The van der Waals surface area contributed by atoms with Crippen molar-refractivity contribution in [2.45, 2.75) is 13.8 Å². The molecule has 1 N–H and O–H groups in total. The van der Waals surface area contributed by atoms with Crippen molar-refractivity contribution in [2.24, 2.45) is 10.2 Å². The van der Waals surface area contributed by atoms with Crippen molar-refractivity contribution in [1.29, 1.82) is 0 Å². The highest BCUT2D eigenvalue weighted by molar-refractivity contribution is 5.58. The number of aryl methyl sites for hydroxylation is 2. The minimum atomic E-state index is -0.523. The lowest BCUT2D eigenvalue weighted by Crippen LogP contribution is -1.95. The van der Waals surface area contributed by atoms with Gasteiger partial charge in [0.15, 0.2) is 11.4 Å². The van der Waals surface area contributed by atoms with Crippen LogP contribution in [-0.2, 0) is 0 Å². The Morgan fingerprint density at radius 3 is 2.48 bits per heavy atom. The van der Waals surface area contributed by atoms with E-state index < -0.39 is 4.92 Å². The predicted octanol–water partition coefficient (Wildman–Crippen LogP) is 4.53. The lowest BCUT2D eigenvalue weighted by atomic mass is 10.2. The fourth-order valence-electron chi connectivity index (χ4n) is 2.46. The Bertz CT molecular complexity index is 1020. The van der Waals surface area contributed by atoms with Crippen LogP contribution >= 0.6 is 0 Å². The summed E-state index contributed by atoms with van der Waals surface area (Å²) in [5, 5.41) is 33.8. The number of hydrogen-bond acceptors (Lipinski definition) is 7. The molecule has 2 aromatic carbocycles. The molecule has 0 amide bonds. The van der Waals surface area contributed by atoms with Gasteiger partial charge in [0, 0.05) is 6.07 Å². The second kappa shape index (κ2) is 7.24. The lowest BCUT2D eigenvalue weighted by Gasteiger charge is -2.03. The van der Waals surface area contributed by atoms with Crippen LogP contribution in [0.2, 0.25) is 0 Å². The molecule has 0 spiro atoms. The molecule has 0 saturated heterocycles. The summed E-state index contributed by atoms with van der Waals surface area (Å²) in [5.41, 5.74) is 2.65. The smallest absolute Gasteiger partial charge is 0.273 e. The first-order valence-electron chi connectivity index (χ1n) is 8.00. The Kier molecular flexibility index (Phi) is 4.84. The van der Waals surface area contributed by atoms with Crippen LogP contribution in [-0.4, -0.2) is 26.9 Å². The number of nitrogens with zero attached hydrogens (tertiary/aromatic N) is 5. The first-order valence-corrected chi connectivity index (χ1v) is 8.00. The van der Waals surface area contributed by atoms with Crippen molar-refractivity contribution in [3.05, 3.63) is 63.8 Å². The number of benzene rings is 2. The second-order valence-corrected chi connectivity index (χ2v) is 5.82. The molecule has 3 aromatic rings. The highest BCUT2D eigenvalue weighted by Gasteiger charge is 2.16. The summed E-state index contributed by atoms with van der Waals surface area (Å²) in [6.07, 6.45) is 0. The van der Waals surface area contributed by atoms with Crippen LogP contribution in [0.5, 0.6) is 11.6 Å². The number of aromatic nitrogens is 2. The monoisotopic (exact) mass is 367 g/mol. The Balaban J connectivity index is 1.96. The summed E-state index contributed by atoms with van der Waals surface area (Å²) in [6.45, 7) is 3.67. The summed E-state index contributed by atoms with van der Waals surface area (Å²) in [6, 6.07) is 11.5. The van der Waals surface area contributed by atoms with Crippen molar-refractivity contribution in [3.63, 3.8) is 0 Å². The van der Waals surface area contributed by atoms with E-state index in [0.717, 1.165) is 5.56 Å². The lowest BCUT2D eigenvalue weighted by molar-refractivity contribution is -0.384. The zero-order valence-electron chi connectivity index (χ0n) is 14.9. The maximum atomic E-state index is 10.9. The Morgan fingerprint density at radius 1 is 1.15 bits per heavy atom. The molecule has 1 heterocycles. The molecule has 27 heavy (non-hydrogen) atoms. The molecular formula is C18H17N5O4. The number of nitro benzene ring substituents is 1. The minimum absolute atomic E-state index is 0.114. The average Bonchev–Trinajstić information content (AvgIpc) is 2.94. The van der Waals surface area contributed by atoms with E-state index in [9.17, 15) is 15.2 Å².